The summed E-state index contributed by atoms with van der Waals surface area (Å²) in [6, 6.07) is 18.5. The molecule has 0 saturated carbocycles. The second kappa shape index (κ2) is 11.1. The van der Waals surface area contributed by atoms with E-state index in [1.165, 1.54) is 28.0 Å². The number of amides is 1. The summed E-state index contributed by atoms with van der Waals surface area (Å²) in [7, 11) is 0. The second-order valence-electron chi connectivity index (χ2n) is 8.83. The van der Waals surface area contributed by atoms with Crippen LogP contribution in [-0.2, 0) is 15.3 Å². The van der Waals surface area contributed by atoms with E-state index in [1.807, 2.05) is 30.3 Å². The molecule has 3 heterocycles. The first-order valence-corrected chi connectivity index (χ1v) is 14.6. The molecule has 2 aliphatic heterocycles. The summed E-state index contributed by atoms with van der Waals surface area (Å²) in [5.41, 5.74) is 1.76. The maximum absolute atomic E-state index is 13.5. The van der Waals surface area contributed by atoms with Gasteiger partial charge in [0.15, 0.2) is 15.8 Å². The number of ketones is 1. The minimum atomic E-state index is -1.03. The molecular formula is C28H19Cl2N3O5S2. The molecule has 4 aromatic rings. The first-order chi connectivity index (χ1) is 19.4. The molecule has 2 aliphatic rings. The number of anilines is 1. The Hall–Kier alpha value is -3.57. The lowest BCUT2D eigenvalue weighted by atomic mass is 9.95. The third-order valence-electron chi connectivity index (χ3n) is 6.33. The van der Waals surface area contributed by atoms with Crippen LogP contribution >= 0.6 is 46.3 Å². The molecule has 0 radical (unpaired) electrons. The van der Waals surface area contributed by atoms with Crippen LogP contribution in [0.2, 0.25) is 10.0 Å². The number of hydrogen-bond acceptors (Lipinski definition) is 9. The molecule has 12 heteroatoms. The predicted octanol–water partition coefficient (Wildman–Crippen LogP) is 6.53. The van der Waals surface area contributed by atoms with Crippen LogP contribution in [0.15, 0.2) is 76.6 Å². The first-order valence-electron chi connectivity index (χ1n) is 12.1. The number of thioether (sulfide) groups is 1. The number of benzene rings is 3. The fourth-order valence-corrected chi connectivity index (χ4v) is 6.58. The second-order valence-corrected chi connectivity index (χ2v) is 11.8. The van der Waals surface area contributed by atoms with Crippen molar-refractivity contribution >= 4 is 68.9 Å². The van der Waals surface area contributed by atoms with Crippen molar-refractivity contribution in [2.75, 3.05) is 18.1 Å². The minimum absolute atomic E-state index is 0.117. The molecule has 0 aliphatic carbocycles. The Balaban J connectivity index is 1.41. The zero-order valence-electron chi connectivity index (χ0n) is 20.5. The van der Waals surface area contributed by atoms with Gasteiger partial charge in [0.2, 0.25) is 5.13 Å². The average molecular weight is 613 g/mol. The maximum atomic E-state index is 13.5. The van der Waals surface area contributed by atoms with E-state index < -0.39 is 17.7 Å². The van der Waals surface area contributed by atoms with Crippen LogP contribution in [0.25, 0.3) is 5.76 Å². The number of ether oxygens (including phenoxy) is 2. The molecule has 1 fully saturated rings. The van der Waals surface area contributed by atoms with Crippen molar-refractivity contribution in [1.82, 2.24) is 10.2 Å². The molecule has 1 aromatic heterocycles. The monoisotopic (exact) mass is 611 g/mol. The Morgan fingerprint density at radius 3 is 2.52 bits per heavy atom. The third-order valence-corrected chi connectivity index (χ3v) is 9.19. The minimum Gasteiger partial charge on any atom is -0.507 e. The Morgan fingerprint density at radius 2 is 1.75 bits per heavy atom. The summed E-state index contributed by atoms with van der Waals surface area (Å²) >= 11 is 15.1. The van der Waals surface area contributed by atoms with E-state index in [2.05, 4.69) is 10.2 Å². The van der Waals surface area contributed by atoms with Crippen LogP contribution in [0.1, 0.15) is 22.7 Å². The molecule has 1 amide bonds. The number of hydrogen-bond donors (Lipinski definition) is 1. The van der Waals surface area contributed by atoms with E-state index in [0.29, 0.717) is 51.0 Å². The van der Waals surface area contributed by atoms with Gasteiger partial charge in [0, 0.05) is 11.3 Å². The van der Waals surface area contributed by atoms with Crippen LogP contribution in [0.4, 0.5) is 5.13 Å². The lowest BCUT2D eigenvalue weighted by Gasteiger charge is -2.23. The molecule has 3 aromatic carbocycles. The lowest BCUT2D eigenvalue weighted by Crippen LogP contribution is -2.29. The highest BCUT2D eigenvalue weighted by Crippen LogP contribution is 2.45. The van der Waals surface area contributed by atoms with E-state index in [1.54, 1.807) is 36.4 Å². The van der Waals surface area contributed by atoms with Crippen molar-refractivity contribution in [1.29, 1.82) is 0 Å². The van der Waals surface area contributed by atoms with Crippen molar-refractivity contribution in [2.45, 2.75) is 16.1 Å². The van der Waals surface area contributed by atoms with Gasteiger partial charge in [-0.15, -0.1) is 10.2 Å². The molecule has 0 bridgehead atoms. The highest BCUT2D eigenvalue weighted by atomic mass is 35.5. The average Bonchev–Trinajstić information content (AvgIpc) is 3.55. The quantitative estimate of drug-likeness (QED) is 0.0862. The van der Waals surface area contributed by atoms with Crippen LogP contribution in [0, 0.1) is 0 Å². The normalized spacial score (nSPS) is 17.9. The third kappa shape index (κ3) is 5.03. The number of Topliss-reactive ketones (excluding diaryl/α,β-unsaturated/α-hetero) is 1. The Bertz CT molecular complexity index is 1660. The smallest absolute Gasteiger partial charge is 0.301 e. The Kier molecular flexibility index (Phi) is 7.41. The van der Waals surface area contributed by atoms with Gasteiger partial charge in [0.25, 0.3) is 5.78 Å². The molecule has 0 spiro atoms. The zero-order chi connectivity index (χ0) is 27.8. The van der Waals surface area contributed by atoms with Crippen molar-refractivity contribution in [3.63, 3.8) is 0 Å². The van der Waals surface area contributed by atoms with Gasteiger partial charge in [0.1, 0.15) is 19.0 Å². The van der Waals surface area contributed by atoms with Gasteiger partial charge < -0.3 is 14.6 Å². The Labute approximate surface area is 247 Å². The van der Waals surface area contributed by atoms with Gasteiger partial charge in [-0.2, -0.15) is 0 Å². The number of carbonyl (C=O) groups is 2. The summed E-state index contributed by atoms with van der Waals surface area (Å²) in [6.07, 6.45) is 0. The summed E-state index contributed by atoms with van der Waals surface area (Å²) in [5, 5.41) is 20.7. The van der Waals surface area contributed by atoms with Crippen molar-refractivity contribution in [3.8, 4) is 11.5 Å². The Morgan fingerprint density at radius 1 is 0.975 bits per heavy atom. The highest BCUT2D eigenvalue weighted by Gasteiger charge is 2.48. The van der Waals surface area contributed by atoms with E-state index in [-0.39, 0.29) is 21.5 Å². The number of aromatic nitrogens is 2. The van der Waals surface area contributed by atoms with E-state index in [0.717, 1.165) is 5.56 Å². The number of carbonyl (C=O) groups excluding carboxylic acids is 2. The fourth-order valence-electron chi connectivity index (χ4n) is 4.45. The molecule has 1 saturated heterocycles. The van der Waals surface area contributed by atoms with Gasteiger partial charge in [0.05, 0.1) is 21.7 Å². The lowest BCUT2D eigenvalue weighted by molar-refractivity contribution is -0.132. The SMILES string of the molecule is O=C1C(=O)N(c2nnc(SCc3ccccc3)s2)C(c2ccc(Cl)c(Cl)c2)/C1=C(\O)c1ccc2c(c1)OCCO2. The number of halogens is 2. The number of aliphatic hydroxyl groups is 1. The van der Waals surface area contributed by atoms with E-state index in [4.69, 9.17) is 32.7 Å². The first kappa shape index (κ1) is 26.6. The summed E-state index contributed by atoms with van der Waals surface area (Å²) < 4.78 is 11.8. The summed E-state index contributed by atoms with van der Waals surface area (Å²) in [6.45, 7) is 0.765. The van der Waals surface area contributed by atoms with Crippen LogP contribution in [0.3, 0.4) is 0 Å². The van der Waals surface area contributed by atoms with Crippen molar-refractivity contribution in [2.24, 2.45) is 0 Å². The van der Waals surface area contributed by atoms with Gasteiger partial charge in [-0.3, -0.25) is 14.5 Å². The van der Waals surface area contributed by atoms with Crippen molar-refractivity contribution < 1.29 is 24.2 Å². The highest BCUT2D eigenvalue weighted by molar-refractivity contribution is 8.00. The number of nitrogens with zero attached hydrogens (tertiary/aromatic N) is 3. The molecule has 1 N–H and O–H groups in total. The van der Waals surface area contributed by atoms with Crippen molar-refractivity contribution in [3.05, 3.63) is 99.0 Å². The molecular weight excluding hydrogens is 593 g/mol. The maximum Gasteiger partial charge on any atom is 0.301 e. The molecule has 6 rings (SSSR count). The zero-order valence-corrected chi connectivity index (χ0v) is 23.7. The number of rotatable bonds is 6. The summed E-state index contributed by atoms with van der Waals surface area (Å²) in [4.78, 5) is 28.2. The number of fused-ring (bicyclic) bond motifs is 1. The number of aliphatic hydroxyl groups excluding tert-OH is 1. The van der Waals surface area contributed by atoms with Crippen LogP contribution in [-0.4, -0.2) is 40.2 Å². The van der Waals surface area contributed by atoms with Crippen LogP contribution < -0.4 is 14.4 Å². The van der Waals surface area contributed by atoms with Gasteiger partial charge in [-0.25, -0.2) is 0 Å². The standard InChI is InChI=1S/C28H19Cl2N3O5S2/c29-18-8-6-16(12-19(18)30)23-22(24(34)17-7-9-20-21(13-17)38-11-10-37-20)25(35)26(36)33(23)27-31-32-28(40-27)39-14-15-4-2-1-3-5-15/h1-9,12-13,23,34H,10-11,14H2/b24-22+. The molecule has 1 unspecified atom stereocenters. The van der Waals surface area contributed by atoms with E-state index in [9.17, 15) is 14.7 Å². The van der Waals surface area contributed by atoms with E-state index >= 15 is 0 Å². The topological polar surface area (TPSA) is 102 Å². The summed E-state index contributed by atoms with van der Waals surface area (Å²) in [5.74, 6) is -0.451. The fraction of sp³-hybridized carbons (Fsp3) is 0.143. The molecule has 202 valence electrons. The van der Waals surface area contributed by atoms with Gasteiger partial charge in [-0.05, 0) is 41.5 Å². The molecule has 8 nitrogen and oxygen atoms in total. The predicted molar refractivity (Wildman–Crippen MR) is 155 cm³/mol. The van der Waals surface area contributed by atoms with Gasteiger partial charge >= 0.3 is 5.91 Å². The van der Waals surface area contributed by atoms with Gasteiger partial charge in [-0.1, -0.05) is 82.7 Å². The molecule has 1 atom stereocenters. The van der Waals surface area contributed by atoms with Crippen LogP contribution in [0.5, 0.6) is 11.5 Å². The largest absolute Gasteiger partial charge is 0.507 e. The molecule has 40 heavy (non-hydrogen) atoms.